The molecule has 0 spiro atoms. The second kappa shape index (κ2) is 4.40. The Labute approximate surface area is 88.1 Å². The number of aliphatic carboxylic acids is 1. The summed E-state index contributed by atoms with van der Waals surface area (Å²) in [5.74, 6) is -7.00. The van der Waals surface area contributed by atoms with E-state index < -0.39 is 47.2 Å². The summed E-state index contributed by atoms with van der Waals surface area (Å²) in [5, 5.41) is 17.3. The standard InChI is InChI=1S/C9H8F3NO3/c10-4-2-6(14)8(12)3(7(4)11)1-5(13)9(15)16/h2,5,14H,1,13H2,(H,15,16). The molecule has 0 radical (unpaired) electrons. The average Bonchev–Trinajstić information content (AvgIpc) is 2.21. The monoisotopic (exact) mass is 235 g/mol. The first-order chi connectivity index (χ1) is 7.34. The van der Waals surface area contributed by atoms with Crippen molar-refractivity contribution in [3.05, 3.63) is 29.1 Å². The van der Waals surface area contributed by atoms with Gasteiger partial charge in [0.2, 0.25) is 0 Å². The maximum absolute atomic E-state index is 13.2. The quantitative estimate of drug-likeness (QED) is 0.675. The van der Waals surface area contributed by atoms with Crippen LogP contribution in [0, 0.1) is 17.5 Å². The molecule has 0 aromatic heterocycles. The first-order valence-electron chi connectivity index (χ1n) is 4.18. The molecule has 0 aliphatic heterocycles. The first-order valence-corrected chi connectivity index (χ1v) is 4.18. The van der Waals surface area contributed by atoms with Crippen LogP contribution in [-0.2, 0) is 11.2 Å². The molecule has 0 saturated carbocycles. The molecule has 1 aromatic carbocycles. The fourth-order valence-corrected chi connectivity index (χ4v) is 1.13. The lowest BCUT2D eigenvalue weighted by atomic mass is 10.0. The maximum Gasteiger partial charge on any atom is 0.320 e. The number of hydrogen-bond donors (Lipinski definition) is 3. The lowest BCUT2D eigenvalue weighted by Gasteiger charge is -2.10. The second-order valence-corrected chi connectivity index (χ2v) is 3.13. The number of nitrogens with two attached hydrogens (primary N) is 1. The Hall–Kier alpha value is -1.76. The number of carbonyl (C=O) groups is 1. The highest BCUT2D eigenvalue weighted by molar-refractivity contribution is 5.73. The number of benzene rings is 1. The molecule has 0 bridgehead atoms. The van der Waals surface area contributed by atoms with Crippen LogP contribution in [-0.4, -0.2) is 22.2 Å². The van der Waals surface area contributed by atoms with Crippen molar-refractivity contribution in [2.75, 3.05) is 0 Å². The summed E-state index contributed by atoms with van der Waals surface area (Å²) in [4.78, 5) is 10.4. The molecule has 1 aromatic rings. The number of hydrogen-bond acceptors (Lipinski definition) is 3. The van der Waals surface area contributed by atoms with Crippen molar-refractivity contribution in [2.24, 2.45) is 5.73 Å². The van der Waals surface area contributed by atoms with E-state index in [0.29, 0.717) is 0 Å². The van der Waals surface area contributed by atoms with Crippen molar-refractivity contribution in [3.63, 3.8) is 0 Å². The number of halogens is 3. The van der Waals surface area contributed by atoms with E-state index in [0.717, 1.165) is 0 Å². The van der Waals surface area contributed by atoms with Crippen LogP contribution in [0.4, 0.5) is 13.2 Å². The van der Waals surface area contributed by atoms with Crippen LogP contribution in [0.2, 0.25) is 0 Å². The summed E-state index contributed by atoms with van der Waals surface area (Å²) in [5.41, 5.74) is 4.17. The molecule has 1 rings (SSSR count). The Morgan fingerprint density at radius 2 is 1.94 bits per heavy atom. The summed E-state index contributed by atoms with van der Waals surface area (Å²) >= 11 is 0. The van der Waals surface area contributed by atoms with E-state index in [1.165, 1.54) is 0 Å². The zero-order valence-electron chi connectivity index (χ0n) is 7.88. The third-order valence-electron chi connectivity index (χ3n) is 1.97. The summed E-state index contributed by atoms with van der Waals surface area (Å²) in [6.07, 6.45) is -0.752. The largest absolute Gasteiger partial charge is 0.505 e. The van der Waals surface area contributed by atoms with E-state index in [-0.39, 0.29) is 6.07 Å². The molecule has 0 fully saturated rings. The predicted octanol–water partition coefficient (Wildman–Crippen LogP) is 0.764. The van der Waals surface area contributed by atoms with Gasteiger partial charge >= 0.3 is 5.97 Å². The molecule has 7 heteroatoms. The van der Waals surface area contributed by atoms with Crippen molar-refractivity contribution in [3.8, 4) is 5.75 Å². The molecule has 88 valence electrons. The molecular formula is C9H8F3NO3. The number of carboxylic acid groups (broad SMARTS) is 1. The van der Waals surface area contributed by atoms with Gasteiger partial charge in [0.05, 0.1) is 0 Å². The molecule has 4 N–H and O–H groups in total. The highest BCUT2D eigenvalue weighted by Crippen LogP contribution is 2.25. The number of carboxylic acids is 1. The highest BCUT2D eigenvalue weighted by Gasteiger charge is 2.23. The van der Waals surface area contributed by atoms with Gasteiger partial charge in [0.1, 0.15) is 6.04 Å². The Balaban J connectivity index is 3.17. The van der Waals surface area contributed by atoms with E-state index in [1.54, 1.807) is 0 Å². The summed E-state index contributed by atoms with van der Waals surface area (Å²) in [7, 11) is 0. The van der Waals surface area contributed by atoms with Crippen LogP contribution in [0.25, 0.3) is 0 Å². The minimum absolute atomic E-state index is 0.264. The van der Waals surface area contributed by atoms with Gasteiger partial charge in [-0.2, -0.15) is 0 Å². The predicted molar refractivity (Wildman–Crippen MR) is 47.3 cm³/mol. The molecule has 1 atom stereocenters. The Morgan fingerprint density at radius 1 is 1.38 bits per heavy atom. The normalized spacial score (nSPS) is 12.5. The van der Waals surface area contributed by atoms with Crippen LogP contribution >= 0.6 is 0 Å². The molecule has 0 aliphatic carbocycles. The average molecular weight is 235 g/mol. The SMILES string of the molecule is NC(Cc1c(F)c(O)cc(F)c1F)C(=O)O. The summed E-state index contributed by atoms with van der Waals surface area (Å²) < 4.78 is 39.0. The van der Waals surface area contributed by atoms with Crippen molar-refractivity contribution < 1.29 is 28.2 Å². The Bertz CT molecular complexity index is 410. The highest BCUT2D eigenvalue weighted by atomic mass is 19.2. The van der Waals surface area contributed by atoms with E-state index in [9.17, 15) is 18.0 Å². The Kier molecular flexibility index (Phi) is 3.38. The third kappa shape index (κ3) is 2.25. The first kappa shape index (κ1) is 12.3. The minimum atomic E-state index is -1.58. The number of aromatic hydroxyl groups is 1. The molecular weight excluding hydrogens is 227 g/mol. The summed E-state index contributed by atoms with van der Waals surface area (Å²) in [6.45, 7) is 0. The number of rotatable bonds is 3. The van der Waals surface area contributed by atoms with Crippen LogP contribution in [0.3, 0.4) is 0 Å². The van der Waals surface area contributed by atoms with Crippen molar-refractivity contribution in [1.29, 1.82) is 0 Å². The number of phenolic OH excluding ortho intramolecular Hbond substituents is 1. The fraction of sp³-hybridized carbons (Fsp3) is 0.222. The smallest absolute Gasteiger partial charge is 0.320 e. The zero-order chi connectivity index (χ0) is 12.5. The van der Waals surface area contributed by atoms with Gasteiger partial charge < -0.3 is 15.9 Å². The second-order valence-electron chi connectivity index (χ2n) is 3.13. The van der Waals surface area contributed by atoms with Gasteiger partial charge in [0.15, 0.2) is 23.2 Å². The van der Waals surface area contributed by atoms with Crippen LogP contribution in [0.1, 0.15) is 5.56 Å². The van der Waals surface area contributed by atoms with Gasteiger partial charge in [-0.25, -0.2) is 13.2 Å². The maximum atomic E-state index is 13.2. The van der Waals surface area contributed by atoms with E-state index >= 15 is 0 Å². The van der Waals surface area contributed by atoms with Crippen LogP contribution in [0.15, 0.2) is 6.07 Å². The molecule has 0 saturated heterocycles. The fourth-order valence-electron chi connectivity index (χ4n) is 1.13. The molecule has 0 amide bonds. The van der Waals surface area contributed by atoms with Crippen molar-refractivity contribution >= 4 is 5.97 Å². The van der Waals surface area contributed by atoms with E-state index in [1.807, 2.05) is 0 Å². The number of phenols is 1. The van der Waals surface area contributed by atoms with E-state index in [4.69, 9.17) is 15.9 Å². The van der Waals surface area contributed by atoms with Crippen LogP contribution in [0.5, 0.6) is 5.75 Å². The van der Waals surface area contributed by atoms with Gasteiger partial charge in [-0.1, -0.05) is 0 Å². The van der Waals surface area contributed by atoms with Gasteiger partial charge in [-0.05, 0) is 0 Å². The third-order valence-corrected chi connectivity index (χ3v) is 1.97. The van der Waals surface area contributed by atoms with Crippen molar-refractivity contribution in [2.45, 2.75) is 12.5 Å². The zero-order valence-corrected chi connectivity index (χ0v) is 7.88. The van der Waals surface area contributed by atoms with Gasteiger partial charge in [0, 0.05) is 18.1 Å². The van der Waals surface area contributed by atoms with Crippen LogP contribution < -0.4 is 5.73 Å². The Morgan fingerprint density at radius 3 is 2.44 bits per heavy atom. The molecule has 16 heavy (non-hydrogen) atoms. The van der Waals surface area contributed by atoms with Gasteiger partial charge in [-0.3, -0.25) is 4.79 Å². The minimum Gasteiger partial charge on any atom is -0.505 e. The summed E-state index contributed by atoms with van der Waals surface area (Å²) in [6, 6.07) is -1.31. The lowest BCUT2D eigenvalue weighted by Crippen LogP contribution is -2.33. The van der Waals surface area contributed by atoms with E-state index in [2.05, 4.69) is 0 Å². The molecule has 4 nitrogen and oxygen atoms in total. The van der Waals surface area contributed by atoms with Gasteiger partial charge in [-0.15, -0.1) is 0 Å². The lowest BCUT2D eigenvalue weighted by molar-refractivity contribution is -0.138. The molecule has 0 aliphatic rings. The molecule has 0 heterocycles. The van der Waals surface area contributed by atoms with Crippen molar-refractivity contribution in [1.82, 2.24) is 0 Å². The topological polar surface area (TPSA) is 83.5 Å². The molecule has 1 unspecified atom stereocenters. The van der Waals surface area contributed by atoms with Gasteiger partial charge in [0.25, 0.3) is 0 Å².